The van der Waals surface area contributed by atoms with Crippen LogP contribution in [0.15, 0.2) is 24.3 Å². The van der Waals surface area contributed by atoms with E-state index < -0.39 is 24.0 Å². The Kier molecular flexibility index (Phi) is 5.26. The number of benzene rings is 1. The highest BCUT2D eigenvalue weighted by Crippen LogP contribution is 2.60. The first-order valence-electron chi connectivity index (χ1n) is 10.5. The second-order valence-corrected chi connectivity index (χ2v) is 9.13. The minimum absolute atomic E-state index is 0.0914. The van der Waals surface area contributed by atoms with Crippen molar-refractivity contribution >= 4 is 29.5 Å². The van der Waals surface area contributed by atoms with Crippen molar-refractivity contribution in [1.29, 1.82) is 0 Å². The molecule has 0 aromatic heterocycles. The van der Waals surface area contributed by atoms with E-state index in [-0.39, 0.29) is 16.9 Å². The SMILES string of the molecule is C[C@@H](OC(=O)c1ccc(NC(=O)C23CC4CC(CC(C4)C2)C3)cc1)C(=O)NC(N)=O. The van der Waals surface area contributed by atoms with Gasteiger partial charge in [0.15, 0.2) is 6.10 Å². The number of ether oxygens (including phenoxy) is 1. The summed E-state index contributed by atoms with van der Waals surface area (Å²) in [6.07, 6.45) is 5.62. The normalized spacial score (nSPS) is 29.7. The third kappa shape index (κ3) is 4.04. The van der Waals surface area contributed by atoms with Crippen LogP contribution in [0.4, 0.5) is 10.5 Å². The highest BCUT2D eigenvalue weighted by molar-refractivity contribution is 5.99. The van der Waals surface area contributed by atoms with Crippen LogP contribution in [0.1, 0.15) is 55.8 Å². The first-order chi connectivity index (χ1) is 14.2. The van der Waals surface area contributed by atoms with Gasteiger partial charge in [0.1, 0.15) is 0 Å². The number of imide groups is 1. The Labute approximate surface area is 174 Å². The molecular weight excluding hydrogens is 386 g/mol. The lowest BCUT2D eigenvalue weighted by atomic mass is 9.49. The Balaban J connectivity index is 1.36. The number of hydrogen-bond acceptors (Lipinski definition) is 5. The molecule has 5 rings (SSSR count). The number of rotatable bonds is 5. The van der Waals surface area contributed by atoms with Gasteiger partial charge in [0.05, 0.1) is 11.0 Å². The smallest absolute Gasteiger partial charge is 0.338 e. The second-order valence-electron chi connectivity index (χ2n) is 9.13. The van der Waals surface area contributed by atoms with Gasteiger partial charge >= 0.3 is 12.0 Å². The lowest BCUT2D eigenvalue weighted by Gasteiger charge is -2.55. The van der Waals surface area contributed by atoms with Gasteiger partial charge in [0, 0.05) is 5.69 Å². The third-order valence-electron chi connectivity index (χ3n) is 6.80. The molecule has 4 saturated carbocycles. The van der Waals surface area contributed by atoms with Gasteiger partial charge in [0.25, 0.3) is 5.91 Å². The maximum atomic E-state index is 13.1. The minimum Gasteiger partial charge on any atom is -0.449 e. The number of esters is 1. The molecule has 4 bridgehead atoms. The van der Waals surface area contributed by atoms with E-state index in [1.54, 1.807) is 12.1 Å². The van der Waals surface area contributed by atoms with Crippen molar-refractivity contribution in [2.24, 2.45) is 28.9 Å². The van der Waals surface area contributed by atoms with Crippen LogP contribution in [0, 0.1) is 23.2 Å². The van der Waals surface area contributed by atoms with Crippen molar-refractivity contribution in [3.8, 4) is 0 Å². The lowest BCUT2D eigenvalue weighted by molar-refractivity contribution is -0.140. The van der Waals surface area contributed by atoms with Gasteiger partial charge in [-0.05, 0) is 87.5 Å². The van der Waals surface area contributed by atoms with Gasteiger partial charge in [-0.3, -0.25) is 14.9 Å². The first-order valence-corrected chi connectivity index (χ1v) is 10.5. The Morgan fingerprint density at radius 3 is 2.03 bits per heavy atom. The molecule has 4 N–H and O–H groups in total. The highest BCUT2D eigenvalue weighted by atomic mass is 16.5. The number of urea groups is 1. The van der Waals surface area contributed by atoms with Crippen LogP contribution in [0.25, 0.3) is 0 Å². The molecular formula is C22H27N3O5. The van der Waals surface area contributed by atoms with Crippen molar-refractivity contribution in [3.63, 3.8) is 0 Å². The molecule has 1 aromatic carbocycles. The molecule has 160 valence electrons. The number of nitrogens with two attached hydrogens (primary N) is 1. The second kappa shape index (κ2) is 7.74. The highest BCUT2D eigenvalue weighted by Gasteiger charge is 2.54. The van der Waals surface area contributed by atoms with E-state index in [1.165, 1.54) is 38.3 Å². The monoisotopic (exact) mass is 413 g/mol. The molecule has 1 atom stereocenters. The fourth-order valence-corrected chi connectivity index (χ4v) is 5.85. The van der Waals surface area contributed by atoms with Crippen molar-refractivity contribution in [2.45, 2.75) is 51.6 Å². The molecule has 0 spiro atoms. The van der Waals surface area contributed by atoms with Crippen LogP contribution in [-0.2, 0) is 14.3 Å². The van der Waals surface area contributed by atoms with E-state index in [9.17, 15) is 19.2 Å². The predicted molar refractivity (Wildman–Crippen MR) is 108 cm³/mol. The fourth-order valence-electron chi connectivity index (χ4n) is 5.85. The maximum Gasteiger partial charge on any atom is 0.338 e. The molecule has 1 aromatic rings. The Morgan fingerprint density at radius 2 is 1.53 bits per heavy atom. The van der Waals surface area contributed by atoms with Crippen molar-refractivity contribution < 1.29 is 23.9 Å². The fraction of sp³-hybridized carbons (Fsp3) is 0.545. The summed E-state index contributed by atoms with van der Waals surface area (Å²) >= 11 is 0. The number of primary amides is 1. The first kappa shape index (κ1) is 20.4. The van der Waals surface area contributed by atoms with Crippen molar-refractivity contribution in [1.82, 2.24) is 5.32 Å². The average Bonchev–Trinajstić information content (AvgIpc) is 2.66. The minimum atomic E-state index is -1.17. The molecule has 8 heteroatoms. The van der Waals surface area contributed by atoms with Gasteiger partial charge in [0.2, 0.25) is 5.91 Å². The van der Waals surface area contributed by atoms with E-state index in [0.29, 0.717) is 23.4 Å². The van der Waals surface area contributed by atoms with Crippen LogP contribution >= 0.6 is 0 Å². The molecule has 4 aliphatic carbocycles. The standard InChI is InChI=1S/C22H27N3O5/c1-12(18(26)25-21(23)29)30-19(27)16-2-4-17(5-3-16)24-20(28)22-9-13-6-14(10-22)8-15(7-13)11-22/h2-5,12-15H,6-11H2,1H3,(H,24,28)(H3,23,25,26,29)/t12-,13?,14?,15?,22?/m1/s1. The van der Waals surface area contributed by atoms with Crippen molar-refractivity contribution in [2.75, 3.05) is 5.32 Å². The number of hydrogen-bond donors (Lipinski definition) is 3. The zero-order chi connectivity index (χ0) is 21.5. The zero-order valence-electron chi connectivity index (χ0n) is 17.0. The van der Waals surface area contributed by atoms with Crippen LogP contribution < -0.4 is 16.4 Å². The Hall–Kier alpha value is -2.90. The molecule has 0 saturated heterocycles. The van der Waals surface area contributed by atoms with Gasteiger partial charge < -0.3 is 15.8 Å². The van der Waals surface area contributed by atoms with Gasteiger partial charge in [-0.15, -0.1) is 0 Å². The molecule has 4 fully saturated rings. The summed E-state index contributed by atoms with van der Waals surface area (Å²) in [6, 6.07) is 5.38. The van der Waals surface area contributed by atoms with E-state index >= 15 is 0 Å². The summed E-state index contributed by atoms with van der Waals surface area (Å²) < 4.78 is 5.04. The predicted octanol–water partition coefficient (Wildman–Crippen LogP) is 2.58. The van der Waals surface area contributed by atoms with Gasteiger partial charge in [-0.1, -0.05) is 0 Å². The summed E-state index contributed by atoms with van der Waals surface area (Å²) in [5, 5.41) is 4.90. The summed E-state index contributed by atoms with van der Waals surface area (Å²) in [4.78, 5) is 47.6. The Bertz CT molecular complexity index is 844. The van der Waals surface area contributed by atoms with Crippen LogP contribution in [0.2, 0.25) is 0 Å². The third-order valence-corrected chi connectivity index (χ3v) is 6.80. The van der Waals surface area contributed by atoms with Gasteiger partial charge in [-0.2, -0.15) is 0 Å². The quantitative estimate of drug-likeness (QED) is 0.639. The van der Waals surface area contributed by atoms with Crippen LogP contribution in [0.5, 0.6) is 0 Å². The van der Waals surface area contributed by atoms with E-state index in [4.69, 9.17) is 10.5 Å². The topological polar surface area (TPSA) is 128 Å². The number of anilines is 1. The van der Waals surface area contributed by atoms with Crippen LogP contribution in [0.3, 0.4) is 0 Å². The summed E-state index contributed by atoms with van der Waals surface area (Å²) in [6.45, 7) is 1.34. The van der Waals surface area contributed by atoms with E-state index in [2.05, 4.69) is 5.32 Å². The molecule has 8 nitrogen and oxygen atoms in total. The number of amides is 4. The molecule has 30 heavy (non-hydrogen) atoms. The summed E-state index contributed by atoms with van der Waals surface area (Å²) in [5.74, 6) is 0.652. The zero-order valence-corrected chi connectivity index (χ0v) is 17.0. The van der Waals surface area contributed by atoms with Crippen LogP contribution in [-0.4, -0.2) is 29.9 Å². The average molecular weight is 413 g/mol. The summed E-state index contributed by atoms with van der Waals surface area (Å²) in [5.41, 5.74) is 5.51. The lowest BCUT2D eigenvalue weighted by Crippen LogP contribution is -2.51. The summed E-state index contributed by atoms with van der Waals surface area (Å²) in [7, 11) is 0. The largest absolute Gasteiger partial charge is 0.449 e. The van der Waals surface area contributed by atoms with Gasteiger partial charge in [-0.25, -0.2) is 9.59 Å². The Morgan fingerprint density at radius 1 is 1.00 bits per heavy atom. The number of carbonyl (C=O) groups excluding carboxylic acids is 4. The molecule has 4 aliphatic rings. The number of carbonyl (C=O) groups is 4. The molecule has 0 heterocycles. The molecule has 0 aliphatic heterocycles. The van der Waals surface area contributed by atoms with E-state index in [1.807, 2.05) is 5.32 Å². The molecule has 0 unspecified atom stereocenters. The number of nitrogens with one attached hydrogen (secondary N) is 2. The maximum absolute atomic E-state index is 13.1. The van der Waals surface area contributed by atoms with E-state index in [0.717, 1.165) is 19.3 Å². The molecule has 4 amide bonds. The molecule has 0 radical (unpaired) electrons. The van der Waals surface area contributed by atoms with Crippen molar-refractivity contribution in [3.05, 3.63) is 29.8 Å².